The molecular formula is C31H38. The fraction of sp³-hybridized carbons (Fsp3) is 0.419. The molecule has 0 amide bonds. The summed E-state index contributed by atoms with van der Waals surface area (Å²) in [4.78, 5) is 0. The molecular weight excluding hydrogens is 372 g/mol. The molecule has 3 aromatic carbocycles. The lowest BCUT2D eigenvalue weighted by molar-refractivity contribution is 0.442. The lowest BCUT2D eigenvalue weighted by Crippen LogP contribution is -2.27. The van der Waals surface area contributed by atoms with Gasteiger partial charge in [-0.2, -0.15) is 0 Å². The van der Waals surface area contributed by atoms with Crippen LogP contribution in [0.5, 0.6) is 0 Å². The van der Waals surface area contributed by atoms with E-state index in [0.29, 0.717) is 0 Å². The highest BCUT2D eigenvalue weighted by Crippen LogP contribution is 2.43. The highest BCUT2D eigenvalue weighted by molar-refractivity contribution is 5.55. The highest BCUT2D eigenvalue weighted by Gasteiger charge is 2.33. The van der Waals surface area contributed by atoms with Gasteiger partial charge in [0.15, 0.2) is 0 Å². The molecule has 0 heterocycles. The minimum atomic E-state index is -0.167. The van der Waals surface area contributed by atoms with E-state index in [1.807, 2.05) is 0 Å². The van der Waals surface area contributed by atoms with Crippen LogP contribution in [-0.2, 0) is 11.8 Å². The van der Waals surface area contributed by atoms with Gasteiger partial charge in [0.05, 0.1) is 0 Å². The molecule has 1 aliphatic rings. The van der Waals surface area contributed by atoms with Crippen molar-refractivity contribution in [2.45, 2.75) is 84.5 Å². The Morgan fingerprint density at radius 1 is 0.742 bits per heavy atom. The van der Waals surface area contributed by atoms with Gasteiger partial charge in [0.1, 0.15) is 0 Å². The summed E-state index contributed by atoms with van der Waals surface area (Å²) in [5, 5.41) is 0. The molecule has 1 saturated carbocycles. The van der Waals surface area contributed by atoms with Crippen LogP contribution in [0.4, 0.5) is 0 Å². The van der Waals surface area contributed by atoms with Crippen molar-refractivity contribution < 1.29 is 0 Å². The maximum atomic E-state index is 2.52. The molecule has 1 fully saturated rings. The molecule has 0 aliphatic heterocycles. The molecule has 0 nitrogen and oxygen atoms in total. The average molecular weight is 411 g/mol. The molecule has 0 heteroatoms. The van der Waals surface area contributed by atoms with Crippen molar-refractivity contribution >= 4 is 0 Å². The average Bonchev–Trinajstić information content (AvgIpc) is 2.81. The van der Waals surface area contributed by atoms with Crippen LogP contribution in [0.1, 0.15) is 96.4 Å². The van der Waals surface area contributed by atoms with Crippen molar-refractivity contribution in [3.63, 3.8) is 0 Å². The van der Waals surface area contributed by atoms with Crippen molar-refractivity contribution in [1.29, 1.82) is 0 Å². The van der Waals surface area contributed by atoms with E-state index in [1.165, 1.54) is 71.0 Å². The lowest BCUT2D eigenvalue weighted by atomic mass is 9.68. The molecule has 0 saturated heterocycles. The van der Waals surface area contributed by atoms with E-state index in [2.05, 4.69) is 95.3 Å². The topological polar surface area (TPSA) is 0 Å². The largest absolute Gasteiger partial charge is 0.0613 e. The smallest absolute Gasteiger partial charge is 0.0425 e. The van der Waals surface area contributed by atoms with Crippen LogP contribution in [0.2, 0.25) is 0 Å². The Labute approximate surface area is 189 Å². The first kappa shape index (κ1) is 21.9. The van der Waals surface area contributed by atoms with Gasteiger partial charge >= 0.3 is 0 Å². The van der Waals surface area contributed by atoms with Crippen molar-refractivity contribution in [1.82, 2.24) is 0 Å². The minimum Gasteiger partial charge on any atom is -0.0613 e. The standard InChI is InChI=1S/C31H38/c1-6-25-14-18-28(19-15-25)31(5,27-16-12-22(2)13-17-27)30-21-23(3)29(20-24(30)4)26-10-8-7-9-11-26/h12-21,26H,6-11H2,1-5H3. The van der Waals surface area contributed by atoms with E-state index in [-0.39, 0.29) is 5.41 Å². The third-order valence-corrected chi connectivity index (χ3v) is 7.77. The lowest BCUT2D eigenvalue weighted by Gasteiger charge is -2.35. The zero-order chi connectivity index (χ0) is 22.0. The summed E-state index contributed by atoms with van der Waals surface area (Å²) >= 11 is 0. The van der Waals surface area contributed by atoms with Gasteiger partial charge < -0.3 is 0 Å². The zero-order valence-electron chi connectivity index (χ0n) is 20.1. The first-order valence-corrected chi connectivity index (χ1v) is 12.2. The molecule has 4 rings (SSSR count). The molecule has 1 unspecified atom stereocenters. The summed E-state index contributed by atoms with van der Waals surface area (Å²) in [5.74, 6) is 0.746. The number of rotatable bonds is 5. The fourth-order valence-corrected chi connectivity index (χ4v) is 5.67. The van der Waals surface area contributed by atoms with Crippen molar-refractivity contribution in [2.75, 3.05) is 0 Å². The third-order valence-electron chi connectivity index (χ3n) is 7.77. The Morgan fingerprint density at radius 3 is 1.90 bits per heavy atom. The zero-order valence-corrected chi connectivity index (χ0v) is 20.1. The normalized spacial score (nSPS) is 16.8. The van der Waals surface area contributed by atoms with Gasteiger partial charge in [-0.3, -0.25) is 0 Å². The molecule has 162 valence electrons. The van der Waals surface area contributed by atoms with Crippen LogP contribution >= 0.6 is 0 Å². The Hall–Kier alpha value is -2.34. The van der Waals surface area contributed by atoms with Gasteiger partial charge in [-0.05, 0) is 91.8 Å². The van der Waals surface area contributed by atoms with Gasteiger partial charge in [-0.15, -0.1) is 0 Å². The van der Waals surface area contributed by atoms with E-state index in [1.54, 1.807) is 5.56 Å². The minimum absolute atomic E-state index is 0.167. The van der Waals surface area contributed by atoms with Crippen molar-refractivity contribution in [3.05, 3.63) is 105 Å². The number of aryl methyl sites for hydroxylation is 4. The summed E-state index contributed by atoms with van der Waals surface area (Å²) in [6.45, 7) is 11.5. The fourth-order valence-electron chi connectivity index (χ4n) is 5.67. The molecule has 0 N–H and O–H groups in total. The Balaban J connectivity index is 1.87. The van der Waals surface area contributed by atoms with Crippen LogP contribution in [0.25, 0.3) is 0 Å². The van der Waals surface area contributed by atoms with E-state index >= 15 is 0 Å². The Bertz CT molecular complexity index is 1020. The number of benzene rings is 3. The maximum absolute atomic E-state index is 2.52. The predicted octanol–water partition coefficient (Wildman–Crippen LogP) is 8.58. The summed E-state index contributed by atoms with van der Waals surface area (Å²) < 4.78 is 0. The molecule has 0 spiro atoms. The van der Waals surface area contributed by atoms with Crippen molar-refractivity contribution in [3.8, 4) is 0 Å². The second-order valence-electron chi connectivity index (χ2n) is 9.90. The SMILES string of the molecule is CCc1ccc(C(C)(c2ccc(C)cc2)c2cc(C)c(C3CCCCC3)cc2C)cc1. The quantitative estimate of drug-likeness (QED) is 0.369. The van der Waals surface area contributed by atoms with Crippen LogP contribution in [0.3, 0.4) is 0 Å². The number of hydrogen-bond acceptors (Lipinski definition) is 0. The molecule has 31 heavy (non-hydrogen) atoms. The Kier molecular flexibility index (Phi) is 6.37. The first-order chi connectivity index (χ1) is 14.9. The van der Waals surface area contributed by atoms with E-state index in [9.17, 15) is 0 Å². The highest BCUT2D eigenvalue weighted by atomic mass is 14.4. The predicted molar refractivity (Wildman–Crippen MR) is 134 cm³/mol. The van der Waals surface area contributed by atoms with E-state index in [4.69, 9.17) is 0 Å². The molecule has 1 aliphatic carbocycles. The van der Waals surface area contributed by atoms with Crippen LogP contribution in [0.15, 0.2) is 60.7 Å². The third kappa shape index (κ3) is 4.22. The second kappa shape index (κ2) is 9.03. The summed E-state index contributed by atoms with van der Waals surface area (Å²) in [5.41, 5.74) is 11.2. The van der Waals surface area contributed by atoms with E-state index in [0.717, 1.165) is 12.3 Å². The molecule has 0 bridgehead atoms. The van der Waals surface area contributed by atoms with Gasteiger partial charge in [-0.25, -0.2) is 0 Å². The summed E-state index contributed by atoms with van der Waals surface area (Å²) in [7, 11) is 0. The van der Waals surface area contributed by atoms with Gasteiger partial charge in [0.25, 0.3) is 0 Å². The molecule has 3 aromatic rings. The first-order valence-electron chi connectivity index (χ1n) is 12.2. The molecule has 0 radical (unpaired) electrons. The molecule has 1 atom stereocenters. The maximum Gasteiger partial charge on any atom is 0.0425 e. The van der Waals surface area contributed by atoms with Crippen LogP contribution in [0, 0.1) is 20.8 Å². The Morgan fingerprint density at radius 2 is 1.32 bits per heavy atom. The van der Waals surface area contributed by atoms with Gasteiger partial charge in [-0.1, -0.05) is 92.4 Å². The van der Waals surface area contributed by atoms with Crippen LogP contribution in [-0.4, -0.2) is 0 Å². The van der Waals surface area contributed by atoms with Crippen molar-refractivity contribution in [2.24, 2.45) is 0 Å². The second-order valence-corrected chi connectivity index (χ2v) is 9.90. The monoisotopic (exact) mass is 410 g/mol. The van der Waals surface area contributed by atoms with Crippen LogP contribution < -0.4 is 0 Å². The van der Waals surface area contributed by atoms with Gasteiger partial charge in [0.2, 0.25) is 0 Å². The molecule has 0 aromatic heterocycles. The van der Waals surface area contributed by atoms with E-state index < -0.39 is 0 Å². The summed E-state index contributed by atoms with van der Waals surface area (Å²) in [6, 6.07) is 23.5. The summed E-state index contributed by atoms with van der Waals surface area (Å²) in [6.07, 6.45) is 7.97. The number of hydrogen-bond donors (Lipinski definition) is 0. The van der Waals surface area contributed by atoms with Gasteiger partial charge in [0, 0.05) is 5.41 Å².